The minimum Gasteiger partial charge on any atom is -0.369 e. The number of benzene rings is 2. The number of sulfonamides is 1. The highest BCUT2D eigenvalue weighted by Crippen LogP contribution is 2.31. The van der Waals surface area contributed by atoms with E-state index in [1.54, 1.807) is 30.3 Å². The lowest BCUT2D eigenvalue weighted by Crippen LogP contribution is -2.44. The van der Waals surface area contributed by atoms with Crippen LogP contribution in [0.25, 0.3) is 0 Å². The molecule has 0 saturated carbocycles. The molecule has 3 heterocycles. The van der Waals surface area contributed by atoms with Crippen molar-refractivity contribution in [3.63, 3.8) is 0 Å². The average molecular weight is 467 g/mol. The number of anilines is 2. The van der Waals surface area contributed by atoms with E-state index in [9.17, 15) is 13.2 Å². The third kappa shape index (κ3) is 4.24. The van der Waals surface area contributed by atoms with Gasteiger partial charge in [-0.2, -0.15) is 9.40 Å². The van der Waals surface area contributed by atoms with Crippen LogP contribution in [0.4, 0.5) is 11.5 Å². The Kier molecular flexibility index (Phi) is 5.65. The van der Waals surface area contributed by atoms with E-state index < -0.39 is 10.0 Å². The molecule has 2 aliphatic heterocycles. The van der Waals surface area contributed by atoms with Crippen LogP contribution in [0, 0.1) is 0 Å². The van der Waals surface area contributed by atoms with Crippen molar-refractivity contribution in [1.82, 2.24) is 19.4 Å². The van der Waals surface area contributed by atoms with Gasteiger partial charge in [0, 0.05) is 49.5 Å². The molecule has 3 aromatic rings. The number of likely N-dealkylation sites (N-methyl/N-ethyl adjacent to an activating group) is 1. The van der Waals surface area contributed by atoms with Gasteiger partial charge in [-0.3, -0.25) is 9.89 Å². The number of hydrogen-bond acceptors (Lipinski definition) is 6. The van der Waals surface area contributed by atoms with Gasteiger partial charge in [-0.05, 0) is 43.4 Å². The molecule has 0 aliphatic carbocycles. The minimum atomic E-state index is -3.63. The molecule has 0 bridgehead atoms. The quantitative estimate of drug-likeness (QED) is 0.597. The van der Waals surface area contributed by atoms with E-state index in [-0.39, 0.29) is 23.9 Å². The van der Waals surface area contributed by atoms with Gasteiger partial charge in [0.2, 0.25) is 10.0 Å². The van der Waals surface area contributed by atoms with Crippen LogP contribution in [-0.2, 0) is 23.1 Å². The Bertz CT molecular complexity index is 1250. The largest absolute Gasteiger partial charge is 0.369 e. The van der Waals surface area contributed by atoms with Gasteiger partial charge in [-0.25, -0.2) is 8.42 Å². The summed E-state index contributed by atoms with van der Waals surface area (Å²) < 4.78 is 27.2. The number of piperazine rings is 1. The number of carbonyl (C=O) groups excluding carboxylic acids is 1. The smallest absolute Gasteiger partial charge is 0.256 e. The molecular weight excluding hydrogens is 440 g/mol. The van der Waals surface area contributed by atoms with Crippen molar-refractivity contribution >= 4 is 27.4 Å². The molecule has 1 fully saturated rings. The molecular formula is C23H26N6O3S. The van der Waals surface area contributed by atoms with Gasteiger partial charge in [-0.15, -0.1) is 0 Å². The Balaban J connectivity index is 1.26. The maximum atomic E-state index is 12.9. The monoisotopic (exact) mass is 466 g/mol. The summed E-state index contributed by atoms with van der Waals surface area (Å²) in [5.41, 5.74) is 2.94. The highest BCUT2D eigenvalue weighted by molar-refractivity contribution is 7.89. The lowest BCUT2D eigenvalue weighted by Gasteiger charge is -2.34. The fourth-order valence-corrected chi connectivity index (χ4v) is 5.58. The molecule has 10 heteroatoms. The number of aromatic amines is 1. The predicted octanol–water partition coefficient (Wildman–Crippen LogP) is 2.12. The van der Waals surface area contributed by atoms with Gasteiger partial charge in [0.1, 0.15) is 5.82 Å². The first kappa shape index (κ1) is 21.6. The van der Waals surface area contributed by atoms with E-state index in [1.165, 1.54) is 4.31 Å². The SMILES string of the molecule is CN1CCN(c2ccc(C(=O)Nc3[nH]nc4c3CN(S(=O)(=O)c3ccccc3)C4)cc2)CC1. The molecule has 0 atom stereocenters. The molecule has 1 amide bonds. The zero-order chi connectivity index (χ0) is 23.0. The molecule has 33 heavy (non-hydrogen) atoms. The molecule has 0 radical (unpaired) electrons. The second-order valence-corrected chi connectivity index (χ2v) is 10.3. The summed E-state index contributed by atoms with van der Waals surface area (Å²) in [6.45, 7) is 4.28. The molecule has 1 aromatic heterocycles. The zero-order valence-electron chi connectivity index (χ0n) is 18.4. The first-order valence-electron chi connectivity index (χ1n) is 10.9. The first-order valence-corrected chi connectivity index (χ1v) is 12.3. The lowest BCUT2D eigenvalue weighted by molar-refractivity contribution is 0.102. The minimum absolute atomic E-state index is 0.154. The maximum Gasteiger partial charge on any atom is 0.256 e. The van der Waals surface area contributed by atoms with Crippen molar-refractivity contribution in [3.05, 3.63) is 71.4 Å². The number of rotatable bonds is 5. The summed E-state index contributed by atoms with van der Waals surface area (Å²) in [6, 6.07) is 15.9. The number of aromatic nitrogens is 2. The number of carbonyl (C=O) groups is 1. The van der Waals surface area contributed by atoms with E-state index in [4.69, 9.17) is 0 Å². The molecule has 1 saturated heterocycles. The molecule has 5 rings (SSSR count). The lowest BCUT2D eigenvalue weighted by atomic mass is 10.1. The van der Waals surface area contributed by atoms with Crippen LogP contribution in [0.1, 0.15) is 21.6 Å². The molecule has 0 spiro atoms. The Morgan fingerprint density at radius 3 is 2.36 bits per heavy atom. The van der Waals surface area contributed by atoms with E-state index in [0.717, 1.165) is 31.9 Å². The van der Waals surface area contributed by atoms with Crippen molar-refractivity contribution in [2.45, 2.75) is 18.0 Å². The van der Waals surface area contributed by atoms with Crippen molar-refractivity contribution in [3.8, 4) is 0 Å². The van der Waals surface area contributed by atoms with Crippen LogP contribution < -0.4 is 10.2 Å². The van der Waals surface area contributed by atoms with E-state index >= 15 is 0 Å². The Morgan fingerprint density at radius 1 is 0.970 bits per heavy atom. The number of nitrogens with zero attached hydrogens (tertiary/aromatic N) is 4. The zero-order valence-corrected chi connectivity index (χ0v) is 19.2. The fraction of sp³-hybridized carbons (Fsp3) is 0.304. The van der Waals surface area contributed by atoms with Crippen LogP contribution in [0.15, 0.2) is 59.5 Å². The van der Waals surface area contributed by atoms with E-state index in [2.05, 4.69) is 32.4 Å². The standard InChI is InChI=1S/C23H26N6O3S/c1-27-11-13-28(14-12-27)18-9-7-17(8-10-18)23(30)24-22-20-15-29(16-21(20)25-26-22)33(31,32)19-5-3-2-4-6-19/h2-10H,11-16H2,1H3,(H2,24,25,26,30). The number of H-pyrrole nitrogens is 1. The van der Waals surface area contributed by atoms with Crippen LogP contribution in [0.3, 0.4) is 0 Å². The summed E-state index contributed by atoms with van der Waals surface area (Å²) in [5.74, 6) is 0.166. The van der Waals surface area contributed by atoms with Gasteiger partial charge in [0.25, 0.3) is 5.91 Å². The molecule has 9 nitrogen and oxygen atoms in total. The van der Waals surface area contributed by atoms with Gasteiger partial charge in [-0.1, -0.05) is 18.2 Å². The second-order valence-electron chi connectivity index (χ2n) is 8.40. The van der Waals surface area contributed by atoms with E-state index in [0.29, 0.717) is 22.6 Å². The fourth-order valence-electron chi connectivity index (χ4n) is 4.19. The maximum absolute atomic E-state index is 12.9. The van der Waals surface area contributed by atoms with Gasteiger partial charge >= 0.3 is 0 Å². The summed E-state index contributed by atoms with van der Waals surface area (Å²) in [4.78, 5) is 17.7. The molecule has 0 unspecified atom stereocenters. The highest BCUT2D eigenvalue weighted by Gasteiger charge is 2.34. The number of fused-ring (bicyclic) bond motifs is 1. The third-order valence-corrected chi connectivity index (χ3v) is 8.04. The average Bonchev–Trinajstić information content (AvgIpc) is 3.43. The summed E-state index contributed by atoms with van der Waals surface area (Å²) >= 11 is 0. The van der Waals surface area contributed by atoms with Crippen LogP contribution in [0.2, 0.25) is 0 Å². The Morgan fingerprint density at radius 2 is 1.67 bits per heavy atom. The van der Waals surface area contributed by atoms with Crippen molar-refractivity contribution < 1.29 is 13.2 Å². The van der Waals surface area contributed by atoms with Crippen molar-refractivity contribution in [2.24, 2.45) is 0 Å². The van der Waals surface area contributed by atoms with Crippen molar-refractivity contribution in [2.75, 3.05) is 43.4 Å². The molecule has 2 aliphatic rings. The molecule has 2 aromatic carbocycles. The highest BCUT2D eigenvalue weighted by atomic mass is 32.2. The number of nitrogens with one attached hydrogen (secondary N) is 2. The van der Waals surface area contributed by atoms with Crippen LogP contribution in [0.5, 0.6) is 0 Å². The van der Waals surface area contributed by atoms with E-state index in [1.807, 2.05) is 24.3 Å². The van der Waals surface area contributed by atoms with Gasteiger partial charge in [0.15, 0.2) is 0 Å². The Hall–Kier alpha value is -3.21. The second kappa shape index (κ2) is 8.62. The summed E-state index contributed by atoms with van der Waals surface area (Å²) in [7, 11) is -1.52. The third-order valence-electron chi connectivity index (χ3n) is 6.23. The number of amides is 1. The summed E-state index contributed by atoms with van der Waals surface area (Å²) in [5, 5.41) is 9.92. The van der Waals surface area contributed by atoms with Crippen molar-refractivity contribution in [1.29, 1.82) is 0 Å². The van der Waals surface area contributed by atoms with Crippen LogP contribution >= 0.6 is 0 Å². The Labute approximate surface area is 193 Å². The normalized spacial score (nSPS) is 17.2. The molecule has 172 valence electrons. The molecule has 2 N–H and O–H groups in total. The predicted molar refractivity (Wildman–Crippen MR) is 126 cm³/mol. The van der Waals surface area contributed by atoms with Crippen LogP contribution in [-0.4, -0.2) is 67.0 Å². The van der Waals surface area contributed by atoms with Gasteiger partial charge in [0.05, 0.1) is 17.1 Å². The topological polar surface area (TPSA) is 102 Å². The number of hydrogen-bond donors (Lipinski definition) is 2. The summed E-state index contributed by atoms with van der Waals surface area (Å²) in [6.07, 6.45) is 0. The first-order chi connectivity index (χ1) is 15.9. The van der Waals surface area contributed by atoms with Gasteiger partial charge < -0.3 is 15.1 Å².